The zero-order valence-electron chi connectivity index (χ0n) is 9.11. The van der Waals surface area contributed by atoms with E-state index in [0.717, 1.165) is 6.54 Å². The maximum absolute atomic E-state index is 4.33. The van der Waals surface area contributed by atoms with E-state index in [4.69, 9.17) is 0 Å². The topological polar surface area (TPSA) is 21.1 Å². The molecular weight excluding hydrogens is 174 g/mol. The maximum Gasteiger partial charge on any atom is 0.0564 e. The lowest BCUT2D eigenvalue weighted by atomic mass is 10.0. The van der Waals surface area contributed by atoms with Crippen molar-refractivity contribution in [3.05, 3.63) is 18.0 Å². The van der Waals surface area contributed by atoms with Crippen LogP contribution in [0.4, 0.5) is 0 Å². The van der Waals surface area contributed by atoms with Gasteiger partial charge in [0, 0.05) is 12.2 Å². The largest absolute Gasteiger partial charge is 0.302 e. The van der Waals surface area contributed by atoms with Gasteiger partial charge in [0.05, 0.1) is 12.7 Å². The van der Waals surface area contributed by atoms with Crippen molar-refractivity contribution in [2.24, 2.45) is 0 Å². The van der Waals surface area contributed by atoms with Crippen molar-refractivity contribution in [2.45, 2.75) is 38.8 Å². The van der Waals surface area contributed by atoms with Gasteiger partial charge >= 0.3 is 0 Å². The minimum atomic E-state index is 0.683. The summed E-state index contributed by atoms with van der Waals surface area (Å²) in [6, 6.07) is 0.683. The summed E-state index contributed by atoms with van der Waals surface area (Å²) in [5.74, 6) is 0. The number of piperidine rings is 1. The molecule has 1 aliphatic rings. The number of aryl methyl sites for hydroxylation is 1. The number of rotatable bonds is 2. The molecule has 1 aromatic heterocycles. The molecule has 0 N–H and O–H groups in total. The minimum absolute atomic E-state index is 0.683. The van der Waals surface area contributed by atoms with Crippen molar-refractivity contribution in [1.82, 2.24) is 14.7 Å². The molecule has 1 aliphatic heterocycles. The van der Waals surface area contributed by atoms with Gasteiger partial charge in [-0.15, -0.1) is 0 Å². The lowest BCUT2D eigenvalue weighted by Crippen LogP contribution is -2.39. The van der Waals surface area contributed by atoms with Crippen LogP contribution in [0.5, 0.6) is 0 Å². The van der Waals surface area contributed by atoms with Crippen LogP contribution in [0.3, 0.4) is 0 Å². The van der Waals surface area contributed by atoms with Gasteiger partial charge in [-0.05, 0) is 38.9 Å². The Morgan fingerprint density at radius 2 is 2.36 bits per heavy atom. The number of likely N-dealkylation sites (N-methyl/N-ethyl adjacent to an activating group) is 1. The van der Waals surface area contributed by atoms with Gasteiger partial charge in [0.2, 0.25) is 0 Å². The quantitative estimate of drug-likeness (QED) is 0.712. The number of likely N-dealkylation sites (tertiary alicyclic amines) is 1. The fourth-order valence-corrected chi connectivity index (χ4v) is 2.16. The van der Waals surface area contributed by atoms with Gasteiger partial charge in [0.15, 0.2) is 0 Å². The first kappa shape index (κ1) is 9.71. The third kappa shape index (κ3) is 2.15. The monoisotopic (exact) mass is 193 g/mol. The van der Waals surface area contributed by atoms with Gasteiger partial charge in [-0.25, -0.2) is 0 Å². The SMILES string of the molecule is Cc1cnn(C[C@@H]2CCCCN2C)c1. The van der Waals surface area contributed by atoms with Crippen LogP contribution in [0.1, 0.15) is 24.8 Å². The molecule has 0 unspecified atom stereocenters. The molecule has 0 aromatic carbocycles. The van der Waals surface area contributed by atoms with E-state index in [9.17, 15) is 0 Å². The molecule has 0 spiro atoms. The molecule has 14 heavy (non-hydrogen) atoms. The molecule has 0 aliphatic carbocycles. The second kappa shape index (κ2) is 4.13. The number of hydrogen-bond acceptors (Lipinski definition) is 2. The van der Waals surface area contributed by atoms with E-state index in [0.29, 0.717) is 6.04 Å². The predicted molar refractivity (Wildman–Crippen MR) is 57.2 cm³/mol. The lowest BCUT2D eigenvalue weighted by Gasteiger charge is -2.32. The van der Waals surface area contributed by atoms with Crippen molar-refractivity contribution in [2.75, 3.05) is 13.6 Å². The molecular formula is C11H19N3. The average molecular weight is 193 g/mol. The molecule has 0 saturated carbocycles. The first-order valence-corrected chi connectivity index (χ1v) is 5.45. The summed E-state index contributed by atoms with van der Waals surface area (Å²) in [4.78, 5) is 2.46. The molecule has 78 valence electrons. The van der Waals surface area contributed by atoms with E-state index in [1.165, 1.54) is 31.4 Å². The minimum Gasteiger partial charge on any atom is -0.302 e. The summed E-state index contributed by atoms with van der Waals surface area (Å²) in [6.45, 7) is 4.38. The second-order valence-corrected chi connectivity index (χ2v) is 4.37. The third-order valence-electron chi connectivity index (χ3n) is 3.08. The molecule has 2 heterocycles. The van der Waals surface area contributed by atoms with Crippen LogP contribution in [-0.2, 0) is 6.54 Å². The van der Waals surface area contributed by atoms with Crippen LogP contribution < -0.4 is 0 Å². The molecule has 1 saturated heterocycles. The van der Waals surface area contributed by atoms with Crippen molar-refractivity contribution in [3.63, 3.8) is 0 Å². The predicted octanol–water partition coefficient (Wildman–Crippen LogP) is 1.68. The molecule has 1 aromatic rings. The Bertz CT molecular complexity index is 292. The molecule has 0 bridgehead atoms. The Hall–Kier alpha value is -0.830. The van der Waals surface area contributed by atoms with Crippen molar-refractivity contribution in [1.29, 1.82) is 0 Å². The number of aromatic nitrogens is 2. The molecule has 1 atom stereocenters. The highest BCUT2D eigenvalue weighted by Gasteiger charge is 2.19. The van der Waals surface area contributed by atoms with Gasteiger partial charge in [-0.2, -0.15) is 5.10 Å². The summed E-state index contributed by atoms with van der Waals surface area (Å²) >= 11 is 0. The van der Waals surface area contributed by atoms with E-state index in [1.54, 1.807) is 0 Å². The Morgan fingerprint density at radius 3 is 3.00 bits per heavy atom. The summed E-state index contributed by atoms with van der Waals surface area (Å²) in [5.41, 5.74) is 1.25. The van der Waals surface area contributed by atoms with Crippen molar-refractivity contribution in [3.8, 4) is 0 Å². The van der Waals surface area contributed by atoms with E-state index in [-0.39, 0.29) is 0 Å². The molecule has 3 heteroatoms. The van der Waals surface area contributed by atoms with Gasteiger partial charge in [-0.1, -0.05) is 6.42 Å². The number of hydrogen-bond donors (Lipinski definition) is 0. The van der Waals surface area contributed by atoms with Crippen LogP contribution in [0.2, 0.25) is 0 Å². The zero-order chi connectivity index (χ0) is 9.97. The van der Waals surface area contributed by atoms with E-state index >= 15 is 0 Å². The lowest BCUT2D eigenvalue weighted by molar-refractivity contribution is 0.163. The highest BCUT2D eigenvalue weighted by Crippen LogP contribution is 2.16. The van der Waals surface area contributed by atoms with Crippen LogP contribution >= 0.6 is 0 Å². The highest BCUT2D eigenvalue weighted by molar-refractivity contribution is 4.99. The standard InChI is InChI=1S/C11H19N3/c1-10-7-12-14(8-10)9-11-5-3-4-6-13(11)2/h7-8,11H,3-6,9H2,1-2H3/t11-/m0/s1. The highest BCUT2D eigenvalue weighted by atomic mass is 15.3. The van der Waals surface area contributed by atoms with E-state index < -0.39 is 0 Å². The number of nitrogens with zero attached hydrogens (tertiary/aromatic N) is 3. The normalized spacial score (nSPS) is 24.0. The fraction of sp³-hybridized carbons (Fsp3) is 0.727. The first-order chi connectivity index (χ1) is 6.75. The summed E-state index contributed by atoms with van der Waals surface area (Å²) in [5, 5.41) is 4.33. The Morgan fingerprint density at radius 1 is 1.50 bits per heavy atom. The van der Waals surface area contributed by atoms with Crippen LogP contribution in [-0.4, -0.2) is 34.3 Å². The smallest absolute Gasteiger partial charge is 0.0564 e. The molecule has 2 rings (SSSR count). The summed E-state index contributed by atoms with van der Waals surface area (Å²) in [6.07, 6.45) is 8.10. The third-order valence-corrected chi connectivity index (χ3v) is 3.08. The van der Waals surface area contributed by atoms with Gasteiger partial charge in [0.1, 0.15) is 0 Å². The van der Waals surface area contributed by atoms with Crippen LogP contribution in [0.25, 0.3) is 0 Å². The molecule has 1 fully saturated rings. The van der Waals surface area contributed by atoms with Crippen LogP contribution in [0, 0.1) is 6.92 Å². The van der Waals surface area contributed by atoms with Gasteiger partial charge in [0.25, 0.3) is 0 Å². The van der Waals surface area contributed by atoms with Crippen molar-refractivity contribution < 1.29 is 0 Å². The van der Waals surface area contributed by atoms with Crippen molar-refractivity contribution >= 4 is 0 Å². The van der Waals surface area contributed by atoms with Crippen LogP contribution in [0.15, 0.2) is 12.4 Å². The summed E-state index contributed by atoms with van der Waals surface area (Å²) in [7, 11) is 2.22. The molecule has 0 radical (unpaired) electrons. The fourth-order valence-electron chi connectivity index (χ4n) is 2.16. The Balaban J connectivity index is 1.95. The average Bonchev–Trinajstić information content (AvgIpc) is 2.56. The summed E-state index contributed by atoms with van der Waals surface area (Å²) < 4.78 is 2.07. The van der Waals surface area contributed by atoms with E-state index in [2.05, 4.69) is 34.8 Å². The van der Waals surface area contributed by atoms with Gasteiger partial charge < -0.3 is 4.90 Å². The first-order valence-electron chi connectivity index (χ1n) is 5.45. The maximum atomic E-state index is 4.33. The van der Waals surface area contributed by atoms with Gasteiger partial charge in [-0.3, -0.25) is 4.68 Å². The van der Waals surface area contributed by atoms with E-state index in [1.807, 2.05) is 6.20 Å². The Kier molecular flexibility index (Phi) is 2.87. The molecule has 3 nitrogen and oxygen atoms in total. The molecule has 0 amide bonds. The second-order valence-electron chi connectivity index (χ2n) is 4.37. The Labute approximate surface area is 85.7 Å². The zero-order valence-corrected chi connectivity index (χ0v) is 9.11.